The zero-order chi connectivity index (χ0) is 8.97. The second-order valence-electron chi connectivity index (χ2n) is 3.68. The van der Waals surface area contributed by atoms with Crippen molar-refractivity contribution in [3.8, 4) is 0 Å². The summed E-state index contributed by atoms with van der Waals surface area (Å²) in [5.74, 6) is 0.311. The van der Waals surface area contributed by atoms with Crippen LogP contribution < -0.4 is 0 Å². The van der Waals surface area contributed by atoms with Crippen molar-refractivity contribution in [2.45, 2.75) is 58.2 Å². The van der Waals surface area contributed by atoms with E-state index in [1.807, 2.05) is 0 Å². The number of hydrogen-bond donors (Lipinski definition) is 0. The van der Waals surface area contributed by atoms with E-state index < -0.39 is 0 Å². The molecule has 0 N–H and O–H groups in total. The topological polar surface area (TPSA) is 29.6 Å². The number of Topliss-reactive ketones (excluding diaryl/α,β-unsaturated/α-hetero) is 1. The van der Waals surface area contributed by atoms with E-state index in [1.54, 1.807) is 6.92 Å². The summed E-state index contributed by atoms with van der Waals surface area (Å²) >= 11 is 0. The molecule has 1 heterocycles. The van der Waals surface area contributed by atoms with Gasteiger partial charge in [-0.2, -0.15) is 0 Å². The van der Waals surface area contributed by atoms with Crippen molar-refractivity contribution in [2.75, 3.05) is 0 Å². The second-order valence-corrected chi connectivity index (χ2v) is 3.68. The van der Waals surface area contributed by atoms with E-state index >= 15 is 0 Å². The Morgan fingerprint density at radius 2 is 2.00 bits per heavy atom. The van der Waals surface area contributed by atoms with Gasteiger partial charge >= 0.3 is 0 Å². The van der Waals surface area contributed by atoms with Crippen LogP contribution in [0.2, 0.25) is 0 Å². The number of unbranched alkanes of at least 4 members (excludes halogenated alkanes) is 2. The number of rotatable bonds is 6. The van der Waals surface area contributed by atoms with Gasteiger partial charge in [0.05, 0.1) is 12.2 Å². The van der Waals surface area contributed by atoms with Gasteiger partial charge in [0.2, 0.25) is 0 Å². The van der Waals surface area contributed by atoms with Crippen molar-refractivity contribution >= 4 is 5.78 Å². The third-order valence-corrected chi connectivity index (χ3v) is 2.35. The van der Waals surface area contributed by atoms with Crippen LogP contribution in [0.4, 0.5) is 0 Å². The van der Waals surface area contributed by atoms with Gasteiger partial charge in [0.1, 0.15) is 5.78 Å². The smallest absolute Gasteiger partial charge is 0.129 e. The minimum atomic E-state index is 0.311. The Labute approximate surface area is 74.3 Å². The number of hydrogen-bond acceptors (Lipinski definition) is 2. The van der Waals surface area contributed by atoms with Gasteiger partial charge in [-0.05, 0) is 26.7 Å². The number of ketones is 1. The Bertz CT molecular complexity index is 154. The van der Waals surface area contributed by atoms with Crippen molar-refractivity contribution in [1.82, 2.24) is 0 Å². The zero-order valence-corrected chi connectivity index (χ0v) is 8.01. The molecule has 0 aromatic heterocycles. The molecule has 2 nitrogen and oxygen atoms in total. The summed E-state index contributed by atoms with van der Waals surface area (Å²) in [5, 5.41) is 0. The highest BCUT2D eigenvalue weighted by molar-refractivity contribution is 5.75. The minimum Gasteiger partial charge on any atom is -0.370 e. The first-order valence-corrected chi connectivity index (χ1v) is 4.85. The first-order chi connectivity index (χ1) is 5.70. The predicted octanol–water partition coefficient (Wildman–Crippen LogP) is 2.31. The van der Waals surface area contributed by atoms with Gasteiger partial charge < -0.3 is 9.53 Å². The molecule has 0 spiro atoms. The van der Waals surface area contributed by atoms with Crippen molar-refractivity contribution in [3.05, 3.63) is 0 Å². The summed E-state index contributed by atoms with van der Waals surface area (Å²) in [4.78, 5) is 10.6. The normalized spacial score (nSPS) is 27.2. The Hall–Kier alpha value is -0.370. The lowest BCUT2D eigenvalue weighted by Crippen LogP contribution is -1.92. The summed E-state index contributed by atoms with van der Waals surface area (Å²) in [6, 6.07) is 0. The number of epoxide rings is 1. The van der Waals surface area contributed by atoms with Gasteiger partial charge in [-0.15, -0.1) is 0 Å². The summed E-state index contributed by atoms with van der Waals surface area (Å²) in [6.45, 7) is 3.77. The molecule has 70 valence electrons. The molecule has 0 saturated carbocycles. The lowest BCUT2D eigenvalue weighted by atomic mass is 10.1. The van der Waals surface area contributed by atoms with Crippen LogP contribution in [-0.4, -0.2) is 18.0 Å². The molecule has 0 radical (unpaired) electrons. The van der Waals surface area contributed by atoms with Crippen molar-refractivity contribution in [2.24, 2.45) is 0 Å². The van der Waals surface area contributed by atoms with Crippen LogP contribution in [0.1, 0.15) is 46.0 Å². The Balaban J connectivity index is 1.80. The van der Waals surface area contributed by atoms with Crippen LogP contribution in [0.25, 0.3) is 0 Å². The molecular weight excluding hydrogens is 152 g/mol. The molecule has 0 amide bonds. The van der Waals surface area contributed by atoms with Gasteiger partial charge in [-0.1, -0.05) is 12.8 Å². The van der Waals surface area contributed by atoms with E-state index in [9.17, 15) is 4.79 Å². The lowest BCUT2D eigenvalue weighted by Gasteiger charge is -1.96. The monoisotopic (exact) mass is 170 g/mol. The molecule has 12 heavy (non-hydrogen) atoms. The summed E-state index contributed by atoms with van der Waals surface area (Å²) in [6.07, 6.45) is 6.39. The van der Waals surface area contributed by atoms with Gasteiger partial charge in [0.25, 0.3) is 0 Å². The third-order valence-electron chi connectivity index (χ3n) is 2.35. The molecule has 2 unspecified atom stereocenters. The van der Waals surface area contributed by atoms with Crippen LogP contribution in [0.5, 0.6) is 0 Å². The van der Waals surface area contributed by atoms with E-state index in [4.69, 9.17) is 4.74 Å². The maximum absolute atomic E-state index is 10.6. The average molecular weight is 170 g/mol. The molecule has 0 aromatic rings. The maximum atomic E-state index is 10.6. The highest BCUT2D eigenvalue weighted by atomic mass is 16.6. The SMILES string of the molecule is CC(=O)CCCCCC1OC1C. The van der Waals surface area contributed by atoms with E-state index in [1.165, 1.54) is 19.3 Å². The molecule has 2 heteroatoms. The average Bonchev–Trinajstić information content (AvgIpc) is 2.65. The maximum Gasteiger partial charge on any atom is 0.129 e. The van der Waals surface area contributed by atoms with Crippen LogP contribution in [0.15, 0.2) is 0 Å². The first kappa shape index (κ1) is 9.72. The summed E-state index contributed by atoms with van der Waals surface area (Å²) in [7, 11) is 0. The quantitative estimate of drug-likeness (QED) is 0.452. The standard InChI is InChI=1S/C10H18O2/c1-8(11)6-4-3-5-7-10-9(2)12-10/h9-10H,3-7H2,1-2H3. The fourth-order valence-corrected chi connectivity index (χ4v) is 1.43. The fourth-order valence-electron chi connectivity index (χ4n) is 1.43. The van der Waals surface area contributed by atoms with E-state index in [0.717, 1.165) is 12.8 Å². The number of carbonyl (C=O) groups is 1. The molecule has 1 aliphatic heterocycles. The van der Waals surface area contributed by atoms with Crippen LogP contribution in [0, 0.1) is 0 Å². The Morgan fingerprint density at radius 1 is 1.33 bits per heavy atom. The lowest BCUT2D eigenvalue weighted by molar-refractivity contribution is -0.117. The molecule has 0 aromatic carbocycles. The second kappa shape index (κ2) is 4.61. The Morgan fingerprint density at radius 3 is 2.50 bits per heavy atom. The molecule has 1 fully saturated rings. The first-order valence-electron chi connectivity index (χ1n) is 4.85. The largest absolute Gasteiger partial charge is 0.370 e. The van der Waals surface area contributed by atoms with Crippen molar-refractivity contribution in [1.29, 1.82) is 0 Å². The molecular formula is C10H18O2. The zero-order valence-electron chi connectivity index (χ0n) is 8.01. The van der Waals surface area contributed by atoms with Gasteiger partial charge in [0.15, 0.2) is 0 Å². The van der Waals surface area contributed by atoms with E-state index in [2.05, 4.69) is 6.92 Å². The number of ether oxygens (including phenoxy) is 1. The van der Waals surface area contributed by atoms with Gasteiger partial charge in [0, 0.05) is 6.42 Å². The molecule has 2 atom stereocenters. The predicted molar refractivity (Wildman–Crippen MR) is 48.1 cm³/mol. The van der Waals surface area contributed by atoms with Crippen LogP contribution in [-0.2, 0) is 9.53 Å². The highest BCUT2D eigenvalue weighted by Crippen LogP contribution is 2.26. The molecule has 1 saturated heterocycles. The van der Waals surface area contributed by atoms with E-state index in [-0.39, 0.29) is 0 Å². The van der Waals surface area contributed by atoms with Crippen molar-refractivity contribution < 1.29 is 9.53 Å². The fraction of sp³-hybridized carbons (Fsp3) is 0.900. The van der Waals surface area contributed by atoms with Crippen molar-refractivity contribution in [3.63, 3.8) is 0 Å². The number of carbonyl (C=O) groups excluding carboxylic acids is 1. The van der Waals surface area contributed by atoms with Gasteiger partial charge in [-0.3, -0.25) is 0 Å². The molecule has 0 aliphatic carbocycles. The molecule has 1 rings (SSSR count). The van der Waals surface area contributed by atoms with Crippen LogP contribution in [0.3, 0.4) is 0 Å². The van der Waals surface area contributed by atoms with Crippen LogP contribution >= 0.6 is 0 Å². The summed E-state index contributed by atoms with van der Waals surface area (Å²) < 4.78 is 5.28. The highest BCUT2D eigenvalue weighted by Gasteiger charge is 2.32. The third kappa shape index (κ3) is 3.86. The molecule has 0 bridgehead atoms. The summed E-state index contributed by atoms with van der Waals surface area (Å²) in [5.41, 5.74) is 0. The minimum absolute atomic E-state index is 0.311. The Kier molecular flexibility index (Phi) is 3.73. The van der Waals surface area contributed by atoms with E-state index in [0.29, 0.717) is 18.0 Å². The van der Waals surface area contributed by atoms with Gasteiger partial charge in [-0.25, -0.2) is 0 Å². The molecule has 1 aliphatic rings.